The van der Waals surface area contributed by atoms with Crippen LogP contribution < -0.4 is 25.0 Å². The lowest BCUT2D eigenvalue weighted by molar-refractivity contribution is -0.126. The van der Waals surface area contributed by atoms with Crippen molar-refractivity contribution in [3.63, 3.8) is 0 Å². The third kappa shape index (κ3) is 4.52. The molecule has 4 rings (SSSR count). The number of benzene rings is 2. The first-order chi connectivity index (χ1) is 14.1. The van der Waals surface area contributed by atoms with Gasteiger partial charge in [0.05, 0.1) is 25.8 Å². The molecule has 2 aliphatic rings. The Hall–Kier alpha value is -2.77. The van der Waals surface area contributed by atoms with Crippen LogP contribution in [0.25, 0.3) is 0 Å². The number of rotatable bonds is 6. The predicted octanol–water partition coefficient (Wildman–Crippen LogP) is 2.40. The molecule has 1 atom stereocenters. The van der Waals surface area contributed by atoms with Gasteiger partial charge in [-0.05, 0) is 16.7 Å². The Labute approximate surface area is 182 Å². The van der Waals surface area contributed by atoms with E-state index in [9.17, 15) is 9.59 Å². The molecule has 0 saturated carbocycles. The van der Waals surface area contributed by atoms with Gasteiger partial charge in [0.15, 0.2) is 0 Å². The van der Waals surface area contributed by atoms with Gasteiger partial charge in [0.25, 0.3) is 0 Å². The quantitative estimate of drug-likeness (QED) is 0.734. The molecule has 2 heterocycles. The fraction of sp³-hybridized carbons (Fsp3) is 0.364. The number of anilines is 1. The molecular formula is C22H26ClN3O4. The van der Waals surface area contributed by atoms with Gasteiger partial charge in [-0.25, -0.2) is 0 Å². The second-order valence-corrected chi connectivity index (χ2v) is 7.40. The van der Waals surface area contributed by atoms with Gasteiger partial charge < -0.3 is 25.0 Å². The number of carbonyl (C=O) groups is 2. The highest BCUT2D eigenvalue weighted by molar-refractivity contribution is 6.00. The number of ether oxygens (including phenoxy) is 2. The van der Waals surface area contributed by atoms with E-state index in [0.717, 1.165) is 18.7 Å². The molecule has 1 saturated heterocycles. The van der Waals surface area contributed by atoms with Crippen LogP contribution in [-0.4, -0.2) is 32.6 Å². The van der Waals surface area contributed by atoms with Crippen LogP contribution in [0.1, 0.15) is 23.1 Å². The van der Waals surface area contributed by atoms with Gasteiger partial charge in [-0.15, -0.1) is 12.4 Å². The van der Waals surface area contributed by atoms with Crippen LogP contribution >= 0.6 is 12.4 Å². The fourth-order valence-electron chi connectivity index (χ4n) is 3.87. The zero-order valence-electron chi connectivity index (χ0n) is 17.1. The van der Waals surface area contributed by atoms with Gasteiger partial charge in [-0.3, -0.25) is 9.59 Å². The molecule has 0 bridgehead atoms. The zero-order valence-corrected chi connectivity index (χ0v) is 17.9. The normalized spacial score (nSPS) is 17.3. The van der Waals surface area contributed by atoms with Crippen molar-refractivity contribution in [2.75, 3.05) is 25.7 Å². The van der Waals surface area contributed by atoms with Crippen LogP contribution in [0.3, 0.4) is 0 Å². The number of nitrogens with one attached hydrogen (secondary N) is 2. The summed E-state index contributed by atoms with van der Waals surface area (Å²) in [4.78, 5) is 26.8. The molecule has 2 aromatic rings. The Kier molecular flexibility index (Phi) is 6.84. The van der Waals surface area contributed by atoms with E-state index in [1.54, 1.807) is 37.3 Å². The summed E-state index contributed by atoms with van der Waals surface area (Å²) in [5.74, 6) is 0.645. The third-order valence-electron chi connectivity index (χ3n) is 5.51. The minimum atomic E-state index is -0.379. The number of amides is 2. The minimum Gasteiger partial charge on any atom is -0.497 e. The van der Waals surface area contributed by atoms with Crippen molar-refractivity contribution in [3.8, 4) is 11.5 Å². The minimum absolute atomic E-state index is 0. The molecule has 0 radical (unpaired) electrons. The molecule has 7 nitrogen and oxygen atoms in total. The molecule has 30 heavy (non-hydrogen) atoms. The highest BCUT2D eigenvalue weighted by Crippen LogP contribution is 2.32. The average molecular weight is 432 g/mol. The number of methoxy groups -OCH3 is 2. The van der Waals surface area contributed by atoms with Crippen LogP contribution in [0.15, 0.2) is 36.4 Å². The lowest BCUT2D eigenvalue weighted by Crippen LogP contribution is -2.32. The topological polar surface area (TPSA) is 79.9 Å². The maximum absolute atomic E-state index is 12.7. The Morgan fingerprint density at radius 1 is 1.10 bits per heavy atom. The summed E-state index contributed by atoms with van der Waals surface area (Å²) < 4.78 is 10.6. The van der Waals surface area contributed by atoms with Gasteiger partial charge in [0, 0.05) is 50.8 Å². The molecule has 1 unspecified atom stereocenters. The van der Waals surface area contributed by atoms with Crippen molar-refractivity contribution in [1.82, 2.24) is 10.6 Å². The summed E-state index contributed by atoms with van der Waals surface area (Å²) >= 11 is 0. The van der Waals surface area contributed by atoms with Gasteiger partial charge in [-0.2, -0.15) is 0 Å². The van der Waals surface area contributed by atoms with E-state index in [-0.39, 0.29) is 36.6 Å². The van der Waals surface area contributed by atoms with E-state index in [2.05, 4.69) is 22.8 Å². The first-order valence-electron chi connectivity index (χ1n) is 9.70. The molecular weight excluding hydrogens is 406 g/mol. The number of fused-ring (bicyclic) bond motifs is 1. The first kappa shape index (κ1) is 21.9. The number of carbonyl (C=O) groups excluding carboxylic acids is 2. The highest BCUT2D eigenvalue weighted by atomic mass is 35.5. The van der Waals surface area contributed by atoms with Crippen molar-refractivity contribution in [3.05, 3.63) is 53.1 Å². The summed E-state index contributed by atoms with van der Waals surface area (Å²) in [6, 6.07) is 11.6. The third-order valence-corrected chi connectivity index (χ3v) is 5.51. The molecule has 0 spiro atoms. The molecule has 2 N–H and O–H groups in total. The molecule has 8 heteroatoms. The van der Waals surface area contributed by atoms with E-state index in [0.29, 0.717) is 30.3 Å². The molecule has 0 aromatic heterocycles. The van der Waals surface area contributed by atoms with Gasteiger partial charge in [0.2, 0.25) is 11.8 Å². The lowest BCUT2D eigenvalue weighted by atomic mass is 10.1. The first-order valence-corrected chi connectivity index (χ1v) is 9.70. The summed E-state index contributed by atoms with van der Waals surface area (Å²) in [5, 5.41) is 6.30. The van der Waals surface area contributed by atoms with Crippen LogP contribution in [-0.2, 0) is 29.2 Å². The Morgan fingerprint density at radius 3 is 2.50 bits per heavy atom. The molecule has 160 valence electrons. The van der Waals surface area contributed by atoms with Crippen molar-refractivity contribution in [2.24, 2.45) is 5.92 Å². The van der Waals surface area contributed by atoms with E-state index >= 15 is 0 Å². The molecule has 2 amide bonds. The van der Waals surface area contributed by atoms with E-state index in [1.165, 1.54) is 11.1 Å². The number of hydrogen-bond donors (Lipinski definition) is 2. The van der Waals surface area contributed by atoms with Crippen molar-refractivity contribution in [2.45, 2.75) is 26.1 Å². The average Bonchev–Trinajstić information content (AvgIpc) is 3.37. The standard InChI is InChI=1S/C22H25N3O4.ClH/c1-28-19-7-18(8-20(9-19)29-2)25-13-17(6-21(25)26)22(27)24-10-14-3-4-15-11-23-12-16(15)5-14;/h3-5,7-9,17,23H,6,10-13H2,1-2H3,(H,24,27);1H. The summed E-state index contributed by atoms with van der Waals surface area (Å²) in [6.45, 7) is 2.57. The molecule has 2 aliphatic heterocycles. The monoisotopic (exact) mass is 431 g/mol. The van der Waals surface area contributed by atoms with Gasteiger partial charge >= 0.3 is 0 Å². The smallest absolute Gasteiger partial charge is 0.227 e. The zero-order chi connectivity index (χ0) is 20.4. The van der Waals surface area contributed by atoms with Crippen LogP contribution in [0, 0.1) is 5.92 Å². The van der Waals surface area contributed by atoms with E-state index in [4.69, 9.17) is 9.47 Å². The van der Waals surface area contributed by atoms with Crippen LogP contribution in [0.2, 0.25) is 0 Å². The van der Waals surface area contributed by atoms with E-state index in [1.807, 2.05) is 6.07 Å². The molecule has 1 fully saturated rings. The van der Waals surface area contributed by atoms with Crippen molar-refractivity contribution in [1.29, 1.82) is 0 Å². The SMILES string of the molecule is COc1cc(OC)cc(N2CC(C(=O)NCc3ccc4c(c3)CNC4)CC2=O)c1.Cl. The summed E-state index contributed by atoms with van der Waals surface area (Å²) in [6.07, 6.45) is 0.194. The van der Waals surface area contributed by atoms with Crippen molar-refractivity contribution >= 4 is 29.9 Å². The Bertz CT molecular complexity index is 928. The number of halogens is 1. The molecule has 0 aliphatic carbocycles. The highest BCUT2D eigenvalue weighted by Gasteiger charge is 2.35. The second kappa shape index (κ2) is 9.36. The number of nitrogens with zero attached hydrogens (tertiary/aromatic N) is 1. The summed E-state index contributed by atoms with van der Waals surface area (Å²) in [5.41, 5.74) is 4.34. The molecule has 2 aromatic carbocycles. The maximum Gasteiger partial charge on any atom is 0.227 e. The maximum atomic E-state index is 12.7. The Morgan fingerprint density at radius 2 is 1.80 bits per heavy atom. The Balaban J connectivity index is 0.00000256. The van der Waals surface area contributed by atoms with Crippen LogP contribution in [0.4, 0.5) is 5.69 Å². The van der Waals surface area contributed by atoms with Gasteiger partial charge in [-0.1, -0.05) is 18.2 Å². The summed E-state index contributed by atoms with van der Waals surface area (Å²) in [7, 11) is 3.13. The fourth-order valence-corrected chi connectivity index (χ4v) is 3.87. The lowest BCUT2D eigenvalue weighted by Gasteiger charge is -2.18. The van der Waals surface area contributed by atoms with E-state index < -0.39 is 0 Å². The van der Waals surface area contributed by atoms with Crippen LogP contribution in [0.5, 0.6) is 11.5 Å². The van der Waals surface area contributed by atoms with Gasteiger partial charge in [0.1, 0.15) is 11.5 Å². The predicted molar refractivity (Wildman–Crippen MR) is 116 cm³/mol. The van der Waals surface area contributed by atoms with Crippen molar-refractivity contribution < 1.29 is 19.1 Å². The largest absolute Gasteiger partial charge is 0.497 e. The number of hydrogen-bond acceptors (Lipinski definition) is 5. The second-order valence-electron chi connectivity index (χ2n) is 7.40.